The highest BCUT2D eigenvalue weighted by Gasteiger charge is 2.29. The Morgan fingerprint density at radius 2 is 2.04 bits per heavy atom. The van der Waals surface area contributed by atoms with Crippen LogP contribution in [0.15, 0.2) is 36.4 Å². The van der Waals surface area contributed by atoms with Gasteiger partial charge in [-0.2, -0.15) is 5.10 Å². The molecule has 0 atom stereocenters. The smallest absolute Gasteiger partial charge is 0.264 e. The number of aromatic nitrogens is 3. The Hall–Kier alpha value is -2.83. The fourth-order valence-electron chi connectivity index (χ4n) is 3.14. The van der Waals surface area contributed by atoms with Gasteiger partial charge in [-0.3, -0.25) is 4.79 Å². The summed E-state index contributed by atoms with van der Waals surface area (Å²) in [6.07, 6.45) is -0.682. The lowest BCUT2D eigenvalue weighted by Crippen LogP contribution is -2.19. The van der Waals surface area contributed by atoms with Crippen molar-refractivity contribution in [2.45, 2.75) is 38.7 Å². The Balaban J connectivity index is 1.70. The highest BCUT2D eigenvalue weighted by molar-refractivity contribution is 5.92. The lowest BCUT2D eigenvalue weighted by molar-refractivity contribution is -0.116. The van der Waals surface area contributed by atoms with Gasteiger partial charge in [0.05, 0.1) is 11.1 Å². The topological polar surface area (TPSA) is 59.8 Å². The van der Waals surface area contributed by atoms with Gasteiger partial charge in [-0.15, -0.1) is 0 Å². The van der Waals surface area contributed by atoms with Crippen molar-refractivity contribution in [1.29, 1.82) is 0 Å². The van der Waals surface area contributed by atoms with Crippen LogP contribution in [-0.4, -0.2) is 20.7 Å². The number of amides is 1. The molecule has 1 amide bonds. The number of nitrogens with one attached hydrogen (secondary N) is 1. The molecule has 0 radical (unpaired) electrons. The predicted molar refractivity (Wildman–Crippen MR) is 94.3 cm³/mol. The van der Waals surface area contributed by atoms with Gasteiger partial charge in [-0.25, -0.2) is 18.4 Å². The summed E-state index contributed by atoms with van der Waals surface area (Å²) in [5.74, 6) is -0.0449. The molecule has 26 heavy (non-hydrogen) atoms. The number of anilines is 1. The normalized spacial score (nSPS) is 14.2. The van der Waals surface area contributed by atoms with Gasteiger partial charge in [0.15, 0.2) is 5.65 Å². The Labute approximate surface area is 149 Å². The first kappa shape index (κ1) is 16.6. The number of rotatable bonds is 5. The minimum Gasteiger partial charge on any atom is -0.324 e. The molecule has 2 aromatic heterocycles. The molecule has 3 aromatic rings. The first-order valence-corrected chi connectivity index (χ1v) is 8.54. The number of halogens is 2. The number of para-hydroxylation sites is 1. The van der Waals surface area contributed by atoms with E-state index in [1.165, 1.54) is 10.7 Å². The van der Waals surface area contributed by atoms with E-state index in [-0.39, 0.29) is 23.9 Å². The molecule has 4 rings (SSSR count). The zero-order valence-corrected chi connectivity index (χ0v) is 14.2. The van der Waals surface area contributed by atoms with Gasteiger partial charge >= 0.3 is 0 Å². The van der Waals surface area contributed by atoms with Crippen molar-refractivity contribution >= 4 is 22.6 Å². The molecule has 134 valence electrons. The largest absolute Gasteiger partial charge is 0.324 e. The van der Waals surface area contributed by atoms with Gasteiger partial charge in [0, 0.05) is 22.9 Å². The molecule has 0 bridgehead atoms. The molecule has 1 fully saturated rings. The number of fused-ring (bicyclic) bond motifs is 1. The third-order valence-corrected chi connectivity index (χ3v) is 4.51. The Bertz CT molecular complexity index is 965. The van der Waals surface area contributed by atoms with Crippen LogP contribution in [0.4, 0.5) is 14.5 Å². The van der Waals surface area contributed by atoms with E-state index in [2.05, 4.69) is 15.4 Å². The maximum Gasteiger partial charge on any atom is 0.264 e. The quantitative estimate of drug-likeness (QED) is 0.746. The summed E-state index contributed by atoms with van der Waals surface area (Å²) in [5.41, 5.74) is 2.09. The third kappa shape index (κ3) is 3.16. The molecule has 1 aliphatic rings. The van der Waals surface area contributed by atoms with Gasteiger partial charge < -0.3 is 5.32 Å². The number of hydrogen-bond acceptors (Lipinski definition) is 3. The standard InChI is InChI=1S/C19H18F2N4O/c1-11-17-14(18(20)21)9-15(12-7-8-12)23-19(17)25(24-11)10-16(26)22-13-5-3-2-4-6-13/h2-6,9,12,18H,7-8,10H2,1H3,(H,22,26). The molecular weight excluding hydrogens is 338 g/mol. The average molecular weight is 356 g/mol. The van der Waals surface area contributed by atoms with Gasteiger partial charge in [-0.1, -0.05) is 18.2 Å². The second-order valence-corrected chi connectivity index (χ2v) is 6.57. The van der Waals surface area contributed by atoms with E-state index in [1.54, 1.807) is 19.1 Å². The molecule has 1 aromatic carbocycles. The molecular formula is C19H18F2N4O. The van der Waals surface area contributed by atoms with Crippen molar-refractivity contribution in [2.24, 2.45) is 0 Å². The molecule has 0 unspecified atom stereocenters. The SMILES string of the molecule is Cc1nn(CC(=O)Nc2ccccc2)c2nc(C3CC3)cc(C(F)F)c12. The van der Waals surface area contributed by atoms with Crippen molar-refractivity contribution in [3.8, 4) is 0 Å². The summed E-state index contributed by atoms with van der Waals surface area (Å²) in [7, 11) is 0. The Morgan fingerprint density at radius 3 is 2.69 bits per heavy atom. The third-order valence-electron chi connectivity index (χ3n) is 4.51. The lowest BCUT2D eigenvalue weighted by Gasteiger charge is -2.08. The van der Waals surface area contributed by atoms with Gasteiger partial charge in [0.2, 0.25) is 5.91 Å². The van der Waals surface area contributed by atoms with Gasteiger partial charge in [0.1, 0.15) is 6.54 Å². The van der Waals surface area contributed by atoms with Crippen LogP contribution in [0.2, 0.25) is 0 Å². The molecule has 1 aliphatic carbocycles. The van der Waals surface area contributed by atoms with Crippen LogP contribution in [0.25, 0.3) is 11.0 Å². The maximum atomic E-state index is 13.6. The minimum atomic E-state index is -2.60. The molecule has 1 N–H and O–H groups in total. The molecule has 0 saturated heterocycles. The van der Waals surface area contributed by atoms with Crippen molar-refractivity contribution in [1.82, 2.24) is 14.8 Å². The highest BCUT2D eigenvalue weighted by Crippen LogP contribution is 2.41. The van der Waals surface area contributed by atoms with E-state index in [4.69, 9.17) is 0 Å². The monoisotopic (exact) mass is 356 g/mol. The minimum absolute atomic E-state index is 0.0517. The van der Waals surface area contributed by atoms with E-state index in [0.29, 0.717) is 28.1 Å². The number of benzene rings is 1. The molecule has 7 heteroatoms. The van der Waals surface area contributed by atoms with E-state index >= 15 is 0 Å². The van der Waals surface area contributed by atoms with Crippen LogP contribution in [0.5, 0.6) is 0 Å². The van der Waals surface area contributed by atoms with Crippen LogP contribution < -0.4 is 5.32 Å². The van der Waals surface area contributed by atoms with Crippen molar-refractivity contribution in [2.75, 3.05) is 5.32 Å². The van der Waals surface area contributed by atoms with Gasteiger partial charge in [-0.05, 0) is 38.0 Å². The molecule has 0 spiro atoms. The van der Waals surface area contributed by atoms with E-state index in [0.717, 1.165) is 12.8 Å². The van der Waals surface area contributed by atoms with Gasteiger partial charge in [0.25, 0.3) is 6.43 Å². The summed E-state index contributed by atoms with van der Waals surface area (Å²) in [6.45, 7) is 1.58. The fourth-order valence-corrected chi connectivity index (χ4v) is 3.14. The zero-order chi connectivity index (χ0) is 18.3. The number of nitrogens with zero attached hydrogens (tertiary/aromatic N) is 3. The second-order valence-electron chi connectivity index (χ2n) is 6.57. The van der Waals surface area contributed by atoms with Crippen molar-refractivity contribution in [3.63, 3.8) is 0 Å². The number of hydrogen-bond donors (Lipinski definition) is 1. The van der Waals surface area contributed by atoms with Crippen LogP contribution in [-0.2, 0) is 11.3 Å². The first-order chi connectivity index (χ1) is 12.5. The van der Waals surface area contributed by atoms with Crippen LogP contribution in [0.3, 0.4) is 0 Å². The highest BCUT2D eigenvalue weighted by atomic mass is 19.3. The number of carbonyl (C=O) groups excluding carboxylic acids is 1. The van der Waals surface area contributed by atoms with E-state index < -0.39 is 6.43 Å². The van der Waals surface area contributed by atoms with Crippen LogP contribution in [0, 0.1) is 6.92 Å². The summed E-state index contributed by atoms with van der Waals surface area (Å²) >= 11 is 0. The van der Waals surface area contributed by atoms with Crippen molar-refractivity contribution in [3.05, 3.63) is 53.3 Å². The molecule has 0 aliphatic heterocycles. The Morgan fingerprint density at radius 1 is 1.31 bits per heavy atom. The predicted octanol–water partition coefficient (Wildman–Crippen LogP) is 4.19. The van der Waals surface area contributed by atoms with E-state index in [9.17, 15) is 13.6 Å². The second kappa shape index (κ2) is 6.48. The molecule has 1 saturated carbocycles. The molecule has 2 heterocycles. The number of alkyl halides is 2. The van der Waals surface area contributed by atoms with E-state index in [1.807, 2.05) is 18.2 Å². The average Bonchev–Trinajstić information content (AvgIpc) is 3.41. The van der Waals surface area contributed by atoms with Crippen LogP contribution >= 0.6 is 0 Å². The summed E-state index contributed by atoms with van der Waals surface area (Å²) in [4.78, 5) is 16.9. The fraction of sp³-hybridized carbons (Fsp3) is 0.316. The van der Waals surface area contributed by atoms with Crippen molar-refractivity contribution < 1.29 is 13.6 Å². The molecule has 5 nitrogen and oxygen atoms in total. The summed E-state index contributed by atoms with van der Waals surface area (Å²) in [5, 5.41) is 7.42. The Kier molecular flexibility index (Phi) is 4.14. The maximum absolute atomic E-state index is 13.6. The first-order valence-electron chi connectivity index (χ1n) is 8.54. The number of aryl methyl sites for hydroxylation is 1. The van der Waals surface area contributed by atoms with Crippen LogP contribution in [0.1, 0.15) is 42.1 Å². The number of pyridine rings is 1. The number of carbonyl (C=O) groups is 1. The summed E-state index contributed by atoms with van der Waals surface area (Å²) in [6, 6.07) is 10.6. The zero-order valence-electron chi connectivity index (χ0n) is 14.2. The lowest BCUT2D eigenvalue weighted by atomic mass is 10.1. The summed E-state index contributed by atoms with van der Waals surface area (Å²) < 4.78 is 28.5.